The fourth-order valence-electron chi connectivity index (χ4n) is 4.84. The van der Waals surface area contributed by atoms with Crippen LogP contribution in [0.25, 0.3) is 11.0 Å². The predicted molar refractivity (Wildman–Crippen MR) is 117 cm³/mol. The third-order valence-corrected chi connectivity index (χ3v) is 6.64. The van der Waals surface area contributed by atoms with E-state index < -0.39 is 0 Å². The summed E-state index contributed by atoms with van der Waals surface area (Å²) in [6, 6.07) is 7.49. The largest absolute Gasteiger partial charge is 0.342 e. The highest BCUT2D eigenvalue weighted by Crippen LogP contribution is 2.29. The first kappa shape index (κ1) is 20.6. The molecule has 0 spiro atoms. The van der Waals surface area contributed by atoms with Crippen molar-refractivity contribution in [1.82, 2.24) is 24.8 Å². The fraction of sp³-hybridized carbons (Fsp3) is 0.417. The van der Waals surface area contributed by atoms with E-state index in [1.165, 1.54) is 24.3 Å². The first-order valence-electron chi connectivity index (χ1n) is 11.2. The monoisotopic (exact) mass is 435 g/mol. The van der Waals surface area contributed by atoms with E-state index in [0.717, 1.165) is 42.5 Å². The van der Waals surface area contributed by atoms with Crippen LogP contribution in [0.5, 0.6) is 0 Å². The van der Waals surface area contributed by atoms with E-state index in [-0.39, 0.29) is 23.5 Å². The van der Waals surface area contributed by atoms with Gasteiger partial charge in [0.25, 0.3) is 5.91 Å². The lowest BCUT2D eigenvalue weighted by Gasteiger charge is -2.37. The van der Waals surface area contributed by atoms with Gasteiger partial charge < -0.3 is 14.8 Å². The highest BCUT2D eigenvalue weighted by Gasteiger charge is 2.34. The maximum Gasteiger partial charge on any atom is 0.253 e. The molecule has 1 atom stereocenters. The van der Waals surface area contributed by atoms with E-state index in [1.54, 1.807) is 17.3 Å². The quantitative estimate of drug-likeness (QED) is 0.684. The van der Waals surface area contributed by atoms with Gasteiger partial charge in [-0.3, -0.25) is 14.6 Å². The van der Waals surface area contributed by atoms with Crippen LogP contribution >= 0.6 is 0 Å². The van der Waals surface area contributed by atoms with Gasteiger partial charge in [0.1, 0.15) is 11.6 Å². The first-order chi connectivity index (χ1) is 15.6. The Labute approximate surface area is 185 Å². The minimum absolute atomic E-state index is 0.133. The first-order valence-corrected chi connectivity index (χ1v) is 11.2. The molecule has 32 heavy (non-hydrogen) atoms. The van der Waals surface area contributed by atoms with Crippen molar-refractivity contribution in [3.63, 3.8) is 0 Å². The Morgan fingerprint density at radius 1 is 1.00 bits per heavy atom. The number of carbonyl (C=O) groups excluding carboxylic acids is 2. The Kier molecular flexibility index (Phi) is 5.59. The minimum Gasteiger partial charge on any atom is -0.342 e. The molecule has 1 unspecified atom stereocenters. The predicted octanol–water partition coefficient (Wildman–Crippen LogP) is 3.36. The van der Waals surface area contributed by atoms with Gasteiger partial charge in [0.2, 0.25) is 5.91 Å². The standard InChI is InChI=1S/C24H26FN5O2/c25-19-5-3-17(4-6-19)23(31)30-11-1-2-18(15-30)24(32)29-12-8-16(9-13-29)22-27-20-7-10-26-14-21(20)28-22/h3-7,10,14,16,18H,1-2,8-9,11-13,15H2,(H,27,28). The number of rotatable bonds is 3. The number of carbonyl (C=O) groups is 2. The molecular weight excluding hydrogens is 409 g/mol. The third kappa shape index (κ3) is 4.09. The molecule has 4 heterocycles. The SMILES string of the molecule is O=C(c1ccc(F)cc1)N1CCCC(C(=O)N2CCC(c3nc4ccncc4[nH]3)CC2)C1. The number of fused-ring (bicyclic) bond motifs is 1. The summed E-state index contributed by atoms with van der Waals surface area (Å²) in [5.74, 6) is 0.718. The molecule has 2 fully saturated rings. The molecule has 166 valence electrons. The van der Waals surface area contributed by atoms with Crippen molar-refractivity contribution in [3.05, 3.63) is 59.9 Å². The molecule has 7 nitrogen and oxygen atoms in total. The van der Waals surface area contributed by atoms with Crippen molar-refractivity contribution in [1.29, 1.82) is 0 Å². The van der Waals surface area contributed by atoms with Crippen LogP contribution in [0, 0.1) is 11.7 Å². The number of pyridine rings is 1. The van der Waals surface area contributed by atoms with Crippen LogP contribution in [-0.2, 0) is 4.79 Å². The number of H-pyrrole nitrogens is 1. The van der Waals surface area contributed by atoms with E-state index in [0.29, 0.717) is 37.7 Å². The van der Waals surface area contributed by atoms with Gasteiger partial charge >= 0.3 is 0 Å². The van der Waals surface area contributed by atoms with Crippen LogP contribution in [0.15, 0.2) is 42.7 Å². The number of hydrogen-bond acceptors (Lipinski definition) is 4. The highest BCUT2D eigenvalue weighted by molar-refractivity contribution is 5.94. The maximum absolute atomic E-state index is 13.2. The molecule has 2 aliphatic rings. The van der Waals surface area contributed by atoms with E-state index in [1.807, 2.05) is 11.0 Å². The summed E-state index contributed by atoms with van der Waals surface area (Å²) >= 11 is 0. The second kappa shape index (κ2) is 8.68. The number of aromatic amines is 1. The molecule has 2 amide bonds. The molecular formula is C24H26FN5O2. The number of nitrogens with one attached hydrogen (secondary N) is 1. The summed E-state index contributed by atoms with van der Waals surface area (Å²) < 4.78 is 13.2. The molecule has 0 aliphatic carbocycles. The van der Waals surface area contributed by atoms with Crippen molar-refractivity contribution in [3.8, 4) is 0 Å². The molecule has 1 aromatic carbocycles. The summed E-state index contributed by atoms with van der Waals surface area (Å²) in [6.45, 7) is 2.44. The number of amides is 2. The van der Waals surface area contributed by atoms with Crippen molar-refractivity contribution < 1.29 is 14.0 Å². The maximum atomic E-state index is 13.2. The lowest BCUT2D eigenvalue weighted by atomic mass is 9.92. The Balaban J connectivity index is 1.19. The van der Waals surface area contributed by atoms with Gasteiger partial charge in [0.05, 0.1) is 23.1 Å². The lowest BCUT2D eigenvalue weighted by molar-refractivity contribution is -0.138. The number of halogens is 1. The molecule has 2 aromatic heterocycles. The average Bonchev–Trinajstić information content (AvgIpc) is 3.28. The zero-order chi connectivity index (χ0) is 22.1. The fourth-order valence-corrected chi connectivity index (χ4v) is 4.84. The van der Waals surface area contributed by atoms with E-state index in [4.69, 9.17) is 4.98 Å². The summed E-state index contributed by atoms with van der Waals surface area (Å²) in [7, 11) is 0. The van der Waals surface area contributed by atoms with Gasteiger partial charge in [-0.2, -0.15) is 0 Å². The summed E-state index contributed by atoms with van der Waals surface area (Å²) in [5.41, 5.74) is 2.32. The van der Waals surface area contributed by atoms with Crippen molar-refractivity contribution in [2.45, 2.75) is 31.6 Å². The number of piperidine rings is 2. The lowest BCUT2D eigenvalue weighted by Crippen LogP contribution is -2.48. The average molecular weight is 436 g/mol. The van der Waals surface area contributed by atoms with Gasteiger partial charge in [-0.25, -0.2) is 9.37 Å². The summed E-state index contributed by atoms with van der Waals surface area (Å²) in [4.78, 5) is 41.8. The Hall–Kier alpha value is -3.29. The zero-order valence-corrected chi connectivity index (χ0v) is 17.8. The number of aromatic nitrogens is 3. The van der Waals surface area contributed by atoms with Crippen LogP contribution in [0.4, 0.5) is 4.39 Å². The molecule has 3 aromatic rings. The number of hydrogen-bond donors (Lipinski definition) is 1. The van der Waals surface area contributed by atoms with Gasteiger partial charge in [0, 0.05) is 43.9 Å². The third-order valence-electron chi connectivity index (χ3n) is 6.64. The molecule has 0 saturated carbocycles. The van der Waals surface area contributed by atoms with Gasteiger partial charge in [-0.05, 0) is 56.0 Å². The zero-order valence-electron chi connectivity index (χ0n) is 17.8. The smallest absolute Gasteiger partial charge is 0.253 e. The van der Waals surface area contributed by atoms with E-state index in [2.05, 4.69) is 9.97 Å². The summed E-state index contributed by atoms with van der Waals surface area (Å²) in [5, 5.41) is 0. The molecule has 1 N–H and O–H groups in total. The number of nitrogens with zero attached hydrogens (tertiary/aromatic N) is 4. The Morgan fingerprint density at radius 2 is 1.78 bits per heavy atom. The Bertz CT molecular complexity index is 1090. The topological polar surface area (TPSA) is 82.2 Å². The van der Waals surface area contributed by atoms with Crippen LogP contribution in [0.3, 0.4) is 0 Å². The van der Waals surface area contributed by atoms with Gasteiger partial charge in [0.15, 0.2) is 0 Å². The van der Waals surface area contributed by atoms with Crippen LogP contribution in [-0.4, -0.2) is 62.7 Å². The minimum atomic E-state index is -0.365. The number of imidazole rings is 1. The van der Waals surface area contributed by atoms with E-state index in [9.17, 15) is 14.0 Å². The van der Waals surface area contributed by atoms with Crippen molar-refractivity contribution >= 4 is 22.8 Å². The van der Waals surface area contributed by atoms with Crippen LogP contribution in [0.2, 0.25) is 0 Å². The van der Waals surface area contributed by atoms with Gasteiger partial charge in [-0.15, -0.1) is 0 Å². The molecule has 8 heteroatoms. The van der Waals surface area contributed by atoms with Crippen molar-refractivity contribution in [2.75, 3.05) is 26.2 Å². The molecule has 2 aliphatic heterocycles. The van der Waals surface area contributed by atoms with Crippen LogP contribution in [0.1, 0.15) is 47.8 Å². The van der Waals surface area contributed by atoms with Crippen molar-refractivity contribution in [2.24, 2.45) is 5.92 Å². The Morgan fingerprint density at radius 3 is 2.53 bits per heavy atom. The van der Waals surface area contributed by atoms with Gasteiger partial charge in [-0.1, -0.05) is 0 Å². The summed E-state index contributed by atoms with van der Waals surface area (Å²) in [6.07, 6.45) is 6.85. The van der Waals surface area contributed by atoms with E-state index >= 15 is 0 Å². The second-order valence-corrected chi connectivity index (χ2v) is 8.71. The second-order valence-electron chi connectivity index (χ2n) is 8.71. The van der Waals surface area contributed by atoms with Crippen LogP contribution < -0.4 is 0 Å². The molecule has 5 rings (SSSR count). The molecule has 0 radical (unpaired) electrons. The highest BCUT2D eigenvalue weighted by atomic mass is 19.1. The number of likely N-dealkylation sites (tertiary alicyclic amines) is 2. The normalized spacial score (nSPS) is 20.0. The molecule has 2 saturated heterocycles. The molecule has 0 bridgehead atoms. The number of benzene rings is 1.